The van der Waals surface area contributed by atoms with Crippen LogP contribution >= 0.6 is 0 Å². The Kier molecular flexibility index (Phi) is 3.25. The summed E-state index contributed by atoms with van der Waals surface area (Å²) in [6.45, 7) is 5.69. The first kappa shape index (κ1) is 10.7. The van der Waals surface area contributed by atoms with E-state index < -0.39 is 0 Å². The third-order valence-corrected chi connectivity index (χ3v) is 2.37. The molecular formula is C9H15N7. The maximum atomic E-state index is 4.20. The molecule has 0 saturated heterocycles. The van der Waals surface area contributed by atoms with Gasteiger partial charge in [0.15, 0.2) is 5.82 Å². The first-order chi connectivity index (χ1) is 7.79. The highest BCUT2D eigenvalue weighted by atomic mass is 15.5. The van der Waals surface area contributed by atoms with Crippen molar-refractivity contribution in [2.45, 2.75) is 33.0 Å². The van der Waals surface area contributed by atoms with Crippen LogP contribution in [0.15, 0.2) is 12.4 Å². The predicted octanol–water partition coefficient (Wildman–Crippen LogP) is 0.267. The van der Waals surface area contributed by atoms with Gasteiger partial charge < -0.3 is 5.32 Å². The fraction of sp³-hybridized carbons (Fsp3) is 0.556. The predicted molar refractivity (Wildman–Crippen MR) is 57.3 cm³/mol. The highest BCUT2D eigenvalue weighted by Gasteiger charge is 2.09. The molecule has 1 atom stereocenters. The lowest BCUT2D eigenvalue weighted by Crippen LogP contribution is -2.19. The fourth-order valence-electron chi connectivity index (χ4n) is 1.39. The van der Waals surface area contributed by atoms with Crippen LogP contribution in [0.3, 0.4) is 0 Å². The molecule has 0 amide bonds. The average Bonchev–Trinajstić information content (AvgIpc) is 2.96. The zero-order valence-corrected chi connectivity index (χ0v) is 9.38. The van der Waals surface area contributed by atoms with Crippen molar-refractivity contribution in [2.24, 2.45) is 0 Å². The molecule has 2 N–H and O–H groups in total. The smallest absolute Gasteiger partial charge is 0.191 e. The standard InChI is InChI=1S/C9H15N7/c1-3-16-6-8(5-11-16)4-10-7(2)9-12-14-15-13-9/h5-7,10H,3-4H2,1-2H3,(H,12,13,14,15). The molecule has 16 heavy (non-hydrogen) atoms. The van der Waals surface area contributed by atoms with Crippen molar-refractivity contribution >= 4 is 0 Å². The van der Waals surface area contributed by atoms with Crippen molar-refractivity contribution in [3.05, 3.63) is 23.8 Å². The molecule has 0 aliphatic rings. The summed E-state index contributed by atoms with van der Waals surface area (Å²) >= 11 is 0. The van der Waals surface area contributed by atoms with E-state index in [1.165, 1.54) is 0 Å². The summed E-state index contributed by atoms with van der Waals surface area (Å²) in [5.41, 5.74) is 1.15. The van der Waals surface area contributed by atoms with Gasteiger partial charge in [-0.1, -0.05) is 5.21 Å². The molecule has 86 valence electrons. The molecular weight excluding hydrogens is 206 g/mol. The number of hydrogen-bond donors (Lipinski definition) is 2. The van der Waals surface area contributed by atoms with Crippen molar-refractivity contribution in [3.63, 3.8) is 0 Å². The van der Waals surface area contributed by atoms with E-state index in [1.54, 1.807) is 0 Å². The molecule has 0 saturated carbocycles. The summed E-state index contributed by atoms with van der Waals surface area (Å²) in [7, 11) is 0. The van der Waals surface area contributed by atoms with Gasteiger partial charge in [-0.2, -0.15) is 10.3 Å². The van der Waals surface area contributed by atoms with Crippen LogP contribution in [0.25, 0.3) is 0 Å². The van der Waals surface area contributed by atoms with Gasteiger partial charge in [0.1, 0.15) is 0 Å². The van der Waals surface area contributed by atoms with E-state index >= 15 is 0 Å². The molecule has 0 aromatic carbocycles. The van der Waals surface area contributed by atoms with Gasteiger partial charge in [0, 0.05) is 24.8 Å². The van der Waals surface area contributed by atoms with Gasteiger partial charge in [-0.05, 0) is 13.8 Å². The van der Waals surface area contributed by atoms with Gasteiger partial charge in [-0.15, -0.1) is 10.2 Å². The number of tetrazole rings is 1. The van der Waals surface area contributed by atoms with E-state index in [0.29, 0.717) is 5.82 Å². The van der Waals surface area contributed by atoms with E-state index in [1.807, 2.05) is 24.0 Å². The van der Waals surface area contributed by atoms with Crippen LogP contribution in [0, 0.1) is 0 Å². The Balaban J connectivity index is 1.87. The minimum atomic E-state index is 0.0729. The first-order valence-corrected chi connectivity index (χ1v) is 5.27. The van der Waals surface area contributed by atoms with Crippen LogP contribution in [-0.4, -0.2) is 30.4 Å². The SMILES string of the molecule is CCn1cc(CNC(C)c2nn[nH]n2)cn1. The molecule has 2 rings (SSSR count). The Morgan fingerprint density at radius 3 is 3.06 bits per heavy atom. The van der Waals surface area contributed by atoms with Gasteiger partial charge in [-0.25, -0.2) is 0 Å². The maximum absolute atomic E-state index is 4.20. The van der Waals surface area contributed by atoms with Crippen LogP contribution < -0.4 is 5.32 Å². The molecule has 0 radical (unpaired) electrons. The van der Waals surface area contributed by atoms with Crippen LogP contribution in [0.1, 0.15) is 31.3 Å². The van der Waals surface area contributed by atoms with Crippen molar-refractivity contribution in [1.82, 2.24) is 35.7 Å². The summed E-state index contributed by atoms with van der Waals surface area (Å²) in [6, 6.07) is 0.0729. The molecule has 2 aromatic rings. The van der Waals surface area contributed by atoms with Crippen LogP contribution in [0.4, 0.5) is 0 Å². The molecule has 1 unspecified atom stereocenters. The van der Waals surface area contributed by atoms with Crippen LogP contribution in [0.2, 0.25) is 0 Å². The molecule has 0 aliphatic heterocycles. The van der Waals surface area contributed by atoms with Crippen molar-refractivity contribution in [1.29, 1.82) is 0 Å². The lowest BCUT2D eigenvalue weighted by Gasteiger charge is -2.07. The zero-order chi connectivity index (χ0) is 11.4. The largest absolute Gasteiger partial charge is 0.303 e. The number of nitrogens with one attached hydrogen (secondary N) is 2. The number of H-pyrrole nitrogens is 1. The number of aryl methyl sites for hydroxylation is 1. The first-order valence-electron chi connectivity index (χ1n) is 5.27. The summed E-state index contributed by atoms with van der Waals surface area (Å²) in [4.78, 5) is 0. The summed E-state index contributed by atoms with van der Waals surface area (Å²) < 4.78 is 1.90. The fourth-order valence-corrected chi connectivity index (χ4v) is 1.39. The molecule has 7 heteroatoms. The lowest BCUT2D eigenvalue weighted by molar-refractivity contribution is 0.546. The summed E-state index contributed by atoms with van der Waals surface area (Å²) in [6.07, 6.45) is 3.88. The van der Waals surface area contributed by atoms with Crippen LogP contribution in [0.5, 0.6) is 0 Å². The second kappa shape index (κ2) is 4.84. The molecule has 0 bridgehead atoms. The van der Waals surface area contributed by atoms with E-state index in [0.717, 1.165) is 18.7 Å². The number of aromatic nitrogens is 6. The Hall–Kier alpha value is -1.76. The average molecular weight is 221 g/mol. The number of hydrogen-bond acceptors (Lipinski definition) is 5. The molecule has 0 fully saturated rings. The van der Waals surface area contributed by atoms with Gasteiger partial charge in [-0.3, -0.25) is 4.68 Å². The summed E-state index contributed by atoms with van der Waals surface area (Å²) in [5, 5.41) is 21.3. The van der Waals surface area contributed by atoms with Crippen molar-refractivity contribution in [2.75, 3.05) is 0 Å². The number of rotatable bonds is 5. The summed E-state index contributed by atoms with van der Waals surface area (Å²) in [5.74, 6) is 0.669. The molecule has 0 aliphatic carbocycles. The topological polar surface area (TPSA) is 84.3 Å². The van der Waals surface area contributed by atoms with Crippen molar-refractivity contribution in [3.8, 4) is 0 Å². The molecule has 7 nitrogen and oxygen atoms in total. The minimum Gasteiger partial charge on any atom is -0.303 e. The van der Waals surface area contributed by atoms with Gasteiger partial charge in [0.05, 0.1) is 12.2 Å². The number of nitrogens with zero attached hydrogens (tertiary/aromatic N) is 5. The quantitative estimate of drug-likeness (QED) is 0.757. The monoisotopic (exact) mass is 221 g/mol. The third-order valence-electron chi connectivity index (χ3n) is 2.37. The highest BCUT2D eigenvalue weighted by Crippen LogP contribution is 2.05. The van der Waals surface area contributed by atoms with Crippen LogP contribution in [-0.2, 0) is 13.1 Å². The molecule has 2 aromatic heterocycles. The third kappa shape index (κ3) is 2.43. The van der Waals surface area contributed by atoms with E-state index in [-0.39, 0.29) is 6.04 Å². The lowest BCUT2D eigenvalue weighted by atomic mass is 10.3. The Bertz CT molecular complexity index is 419. The van der Waals surface area contributed by atoms with E-state index in [2.05, 4.69) is 38.0 Å². The zero-order valence-electron chi connectivity index (χ0n) is 9.38. The second-order valence-corrected chi connectivity index (χ2v) is 3.58. The van der Waals surface area contributed by atoms with Crippen molar-refractivity contribution < 1.29 is 0 Å². The van der Waals surface area contributed by atoms with E-state index in [9.17, 15) is 0 Å². The second-order valence-electron chi connectivity index (χ2n) is 3.58. The Labute approximate surface area is 93.2 Å². The number of aromatic amines is 1. The molecule has 0 spiro atoms. The van der Waals surface area contributed by atoms with Gasteiger partial charge in [0.2, 0.25) is 0 Å². The normalized spacial score (nSPS) is 12.9. The maximum Gasteiger partial charge on any atom is 0.191 e. The Morgan fingerprint density at radius 1 is 1.56 bits per heavy atom. The minimum absolute atomic E-state index is 0.0729. The molecule has 2 heterocycles. The Morgan fingerprint density at radius 2 is 2.44 bits per heavy atom. The van der Waals surface area contributed by atoms with Gasteiger partial charge in [0.25, 0.3) is 0 Å². The highest BCUT2D eigenvalue weighted by molar-refractivity contribution is 5.04. The van der Waals surface area contributed by atoms with Gasteiger partial charge >= 0.3 is 0 Å². The van der Waals surface area contributed by atoms with E-state index in [4.69, 9.17) is 0 Å².